The Labute approximate surface area is 140 Å². The molecule has 2 aliphatic rings. The van der Waals surface area contributed by atoms with E-state index in [0.717, 1.165) is 9.35 Å². The molecule has 4 heteroatoms. The van der Waals surface area contributed by atoms with E-state index in [9.17, 15) is 4.79 Å². The van der Waals surface area contributed by atoms with Gasteiger partial charge in [0.2, 0.25) is 0 Å². The van der Waals surface area contributed by atoms with Gasteiger partial charge in [-0.3, -0.25) is 4.79 Å². The van der Waals surface area contributed by atoms with Crippen LogP contribution in [0.5, 0.6) is 0 Å². The first-order valence-electron chi connectivity index (χ1n) is 8.32. The molecule has 2 aliphatic carbocycles. The zero-order valence-corrected chi connectivity index (χ0v) is 14.9. The Morgan fingerprint density at radius 1 is 1.00 bits per heavy atom. The van der Waals surface area contributed by atoms with E-state index in [1.165, 1.54) is 64.2 Å². The summed E-state index contributed by atoms with van der Waals surface area (Å²) in [5, 5.41) is 2.01. The zero-order valence-electron chi connectivity index (χ0n) is 12.5. The van der Waals surface area contributed by atoms with Crippen molar-refractivity contribution < 1.29 is 4.79 Å². The Balaban J connectivity index is 1.81. The second-order valence-corrected chi connectivity index (χ2v) is 8.73. The topological polar surface area (TPSA) is 20.3 Å². The van der Waals surface area contributed by atoms with Crippen molar-refractivity contribution in [2.24, 2.45) is 0 Å². The van der Waals surface area contributed by atoms with Crippen LogP contribution in [0.2, 0.25) is 0 Å². The summed E-state index contributed by atoms with van der Waals surface area (Å²) in [6, 6.07) is 2.95. The number of hydrogen-bond donors (Lipinski definition) is 0. The van der Waals surface area contributed by atoms with Crippen molar-refractivity contribution in [2.45, 2.75) is 76.3 Å². The minimum Gasteiger partial charge on any atom is -0.333 e. The van der Waals surface area contributed by atoms with E-state index in [2.05, 4.69) is 20.8 Å². The van der Waals surface area contributed by atoms with Gasteiger partial charge in [0, 0.05) is 17.5 Å². The lowest BCUT2D eigenvalue weighted by atomic mass is 9.88. The molecular weight excluding hydrogens is 346 g/mol. The Hall–Kier alpha value is -0.350. The Morgan fingerprint density at radius 3 is 1.95 bits per heavy atom. The number of rotatable bonds is 3. The summed E-state index contributed by atoms with van der Waals surface area (Å²) in [7, 11) is 0. The molecule has 1 aromatic rings. The molecule has 0 N–H and O–H groups in total. The summed E-state index contributed by atoms with van der Waals surface area (Å²) in [5.74, 6) is 0.274. The van der Waals surface area contributed by atoms with Gasteiger partial charge in [0.05, 0.1) is 9.35 Å². The predicted octanol–water partition coefficient (Wildman–Crippen LogP) is 5.62. The van der Waals surface area contributed by atoms with Crippen LogP contribution in [-0.4, -0.2) is 22.9 Å². The Kier molecular flexibility index (Phi) is 5.38. The van der Waals surface area contributed by atoms with E-state index >= 15 is 0 Å². The first-order valence-corrected chi connectivity index (χ1v) is 9.99. The van der Waals surface area contributed by atoms with Gasteiger partial charge in [-0.1, -0.05) is 38.5 Å². The molecule has 1 aromatic heterocycles. The molecule has 0 bridgehead atoms. The normalized spacial score (nSPS) is 21.4. The molecular formula is C17H24BrNOS. The maximum atomic E-state index is 13.1. The van der Waals surface area contributed by atoms with Crippen LogP contribution in [0.1, 0.15) is 74.6 Å². The summed E-state index contributed by atoms with van der Waals surface area (Å²) < 4.78 is 1.05. The lowest BCUT2D eigenvalue weighted by molar-refractivity contribution is 0.0449. The maximum Gasteiger partial charge on any atom is 0.255 e. The molecule has 21 heavy (non-hydrogen) atoms. The number of hydrogen-bond acceptors (Lipinski definition) is 2. The lowest BCUT2D eigenvalue weighted by Gasteiger charge is -2.41. The van der Waals surface area contributed by atoms with E-state index in [1.807, 2.05) is 11.4 Å². The fourth-order valence-electron chi connectivity index (χ4n) is 3.92. The molecule has 0 spiro atoms. The number of carbonyl (C=O) groups is 1. The monoisotopic (exact) mass is 369 g/mol. The van der Waals surface area contributed by atoms with Crippen LogP contribution in [0.25, 0.3) is 0 Å². The number of thiophene rings is 1. The van der Waals surface area contributed by atoms with Crippen LogP contribution in [-0.2, 0) is 0 Å². The van der Waals surface area contributed by atoms with E-state index in [-0.39, 0.29) is 5.91 Å². The van der Waals surface area contributed by atoms with Crippen molar-refractivity contribution in [2.75, 3.05) is 0 Å². The fraction of sp³-hybridized carbons (Fsp3) is 0.706. The van der Waals surface area contributed by atoms with Crippen LogP contribution in [0.15, 0.2) is 15.2 Å². The fourth-order valence-corrected chi connectivity index (χ4v) is 5.05. The number of nitrogens with zero attached hydrogens (tertiary/aromatic N) is 1. The summed E-state index contributed by atoms with van der Waals surface area (Å²) in [5.41, 5.74) is 0.878. The smallest absolute Gasteiger partial charge is 0.255 e. The molecule has 2 nitrogen and oxygen atoms in total. The Bertz CT molecular complexity index is 457. The van der Waals surface area contributed by atoms with Gasteiger partial charge in [-0.15, -0.1) is 11.3 Å². The van der Waals surface area contributed by atoms with Gasteiger partial charge < -0.3 is 4.90 Å². The second-order valence-electron chi connectivity index (χ2n) is 6.44. The van der Waals surface area contributed by atoms with Gasteiger partial charge in [0.25, 0.3) is 5.91 Å². The minimum absolute atomic E-state index is 0.274. The number of amides is 1. The highest BCUT2D eigenvalue weighted by Crippen LogP contribution is 2.32. The minimum atomic E-state index is 0.274. The van der Waals surface area contributed by atoms with Crippen LogP contribution in [0.4, 0.5) is 0 Å². The largest absolute Gasteiger partial charge is 0.333 e. The Morgan fingerprint density at radius 2 is 1.52 bits per heavy atom. The van der Waals surface area contributed by atoms with Crippen molar-refractivity contribution in [3.8, 4) is 0 Å². The van der Waals surface area contributed by atoms with Crippen molar-refractivity contribution in [3.63, 3.8) is 0 Å². The lowest BCUT2D eigenvalue weighted by Crippen LogP contribution is -2.48. The number of halogens is 1. The van der Waals surface area contributed by atoms with Crippen LogP contribution >= 0.6 is 27.3 Å². The molecule has 1 heterocycles. The third-order valence-electron chi connectivity index (χ3n) is 4.99. The highest BCUT2D eigenvalue weighted by Gasteiger charge is 2.33. The number of carbonyl (C=O) groups excluding carboxylic acids is 1. The molecule has 3 rings (SSSR count). The third kappa shape index (κ3) is 3.70. The van der Waals surface area contributed by atoms with Gasteiger partial charge in [-0.2, -0.15) is 0 Å². The van der Waals surface area contributed by atoms with Crippen LogP contribution in [0.3, 0.4) is 0 Å². The molecule has 0 saturated heterocycles. The molecule has 0 aromatic carbocycles. The van der Waals surface area contributed by atoms with Gasteiger partial charge in [0.15, 0.2) is 0 Å². The highest BCUT2D eigenvalue weighted by molar-refractivity contribution is 9.11. The zero-order chi connectivity index (χ0) is 14.7. The van der Waals surface area contributed by atoms with Gasteiger partial charge >= 0.3 is 0 Å². The summed E-state index contributed by atoms with van der Waals surface area (Å²) >= 11 is 5.10. The summed E-state index contributed by atoms with van der Waals surface area (Å²) in [6.45, 7) is 0. The average Bonchev–Trinajstić information content (AvgIpc) is 2.96. The van der Waals surface area contributed by atoms with Gasteiger partial charge in [-0.05, 0) is 47.7 Å². The average molecular weight is 370 g/mol. The van der Waals surface area contributed by atoms with E-state index in [0.29, 0.717) is 12.1 Å². The quantitative estimate of drug-likeness (QED) is 0.676. The molecule has 2 fully saturated rings. The summed E-state index contributed by atoms with van der Waals surface area (Å²) in [6.07, 6.45) is 12.6. The SMILES string of the molecule is O=C(c1csc(Br)c1)N(C1CCCCC1)C1CCCCC1. The van der Waals surface area contributed by atoms with E-state index in [1.54, 1.807) is 11.3 Å². The van der Waals surface area contributed by atoms with Gasteiger partial charge in [-0.25, -0.2) is 0 Å². The van der Waals surface area contributed by atoms with Crippen molar-refractivity contribution in [1.29, 1.82) is 0 Å². The first kappa shape index (κ1) is 15.5. The molecule has 0 radical (unpaired) electrons. The van der Waals surface area contributed by atoms with Gasteiger partial charge in [0.1, 0.15) is 0 Å². The molecule has 0 unspecified atom stereocenters. The van der Waals surface area contributed by atoms with Crippen molar-refractivity contribution >= 4 is 33.2 Å². The predicted molar refractivity (Wildman–Crippen MR) is 91.9 cm³/mol. The maximum absolute atomic E-state index is 13.1. The third-order valence-corrected chi connectivity index (χ3v) is 6.49. The molecule has 0 atom stereocenters. The molecule has 116 valence electrons. The standard InChI is InChI=1S/C17H24BrNOS/c18-16-11-13(12-21-16)17(20)19(14-7-3-1-4-8-14)15-9-5-2-6-10-15/h11-12,14-15H,1-10H2. The van der Waals surface area contributed by atoms with Crippen molar-refractivity contribution in [3.05, 3.63) is 20.8 Å². The van der Waals surface area contributed by atoms with Crippen LogP contribution < -0.4 is 0 Å². The second kappa shape index (κ2) is 7.28. The van der Waals surface area contributed by atoms with Crippen molar-refractivity contribution in [1.82, 2.24) is 4.90 Å². The van der Waals surface area contributed by atoms with Crippen LogP contribution in [0, 0.1) is 0 Å². The first-order chi connectivity index (χ1) is 10.3. The van der Waals surface area contributed by atoms with E-state index < -0.39 is 0 Å². The van der Waals surface area contributed by atoms with E-state index in [4.69, 9.17) is 0 Å². The summed E-state index contributed by atoms with van der Waals surface area (Å²) in [4.78, 5) is 15.4. The molecule has 2 saturated carbocycles. The molecule has 1 amide bonds. The molecule has 0 aliphatic heterocycles. The highest BCUT2D eigenvalue weighted by atomic mass is 79.9.